The molecule has 6 nitrogen and oxygen atoms in total. The highest BCUT2D eigenvalue weighted by Gasteiger charge is 2.04. The lowest BCUT2D eigenvalue weighted by atomic mass is 10.1. The lowest BCUT2D eigenvalue weighted by Crippen LogP contribution is -2.27. The molecule has 1 heterocycles. The number of aromatic nitrogens is 2. The average Bonchev–Trinajstić information content (AvgIpc) is 2.85. The molecule has 116 valence electrons. The van der Waals surface area contributed by atoms with Gasteiger partial charge in [-0.1, -0.05) is 12.1 Å². The van der Waals surface area contributed by atoms with Gasteiger partial charge in [0.1, 0.15) is 0 Å². The Labute approximate surface area is 129 Å². The standard InChI is InChI=1S/C16H20N4O2/c1-12(21)19-15-5-3-13(4-6-15)7-8-17-16(22)9-14-10-18-20(2)11-14/h3-6,10-11H,7-9H2,1-2H3,(H,17,22)(H,19,21). The van der Waals surface area contributed by atoms with Crippen LogP contribution in [0.25, 0.3) is 0 Å². The van der Waals surface area contributed by atoms with Crippen LogP contribution in [0, 0.1) is 0 Å². The molecule has 0 saturated heterocycles. The zero-order chi connectivity index (χ0) is 15.9. The largest absolute Gasteiger partial charge is 0.355 e. The lowest BCUT2D eigenvalue weighted by Gasteiger charge is -2.06. The van der Waals surface area contributed by atoms with Crippen LogP contribution in [0.1, 0.15) is 18.1 Å². The number of carbonyl (C=O) groups is 2. The van der Waals surface area contributed by atoms with Gasteiger partial charge in [0.15, 0.2) is 0 Å². The number of rotatable bonds is 6. The Bertz CT molecular complexity index is 646. The summed E-state index contributed by atoms with van der Waals surface area (Å²) in [6.07, 6.45) is 4.62. The van der Waals surface area contributed by atoms with Crippen molar-refractivity contribution in [3.05, 3.63) is 47.8 Å². The number of amides is 2. The second-order valence-electron chi connectivity index (χ2n) is 5.18. The fourth-order valence-electron chi connectivity index (χ4n) is 2.12. The minimum Gasteiger partial charge on any atom is -0.355 e. The number of anilines is 1. The number of nitrogens with one attached hydrogen (secondary N) is 2. The van der Waals surface area contributed by atoms with Gasteiger partial charge in [-0.25, -0.2) is 0 Å². The van der Waals surface area contributed by atoms with E-state index in [4.69, 9.17) is 0 Å². The number of hydrogen-bond acceptors (Lipinski definition) is 3. The Kier molecular flexibility index (Phi) is 5.30. The number of carbonyl (C=O) groups excluding carboxylic acids is 2. The van der Waals surface area contributed by atoms with Gasteiger partial charge in [0.2, 0.25) is 11.8 Å². The third-order valence-electron chi connectivity index (χ3n) is 3.13. The fourth-order valence-corrected chi connectivity index (χ4v) is 2.12. The Morgan fingerprint density at radius 3 is 2.50 bits per heavy atom. The van der Waals surface area contributed by atoms with E-state index < -0.39 is 0 Å². The number of aryl methyl sites for hydroxylation is 1. The number of hydrogen-bond donors (Lipinski definition) is 2. The maximum Gasteiger partial charge on any atom is 0.224 e. The van der Waals surface area contributed by atoms with Gasteiger partial charge in [-0.15, -0.1) is 0 Å². The van der Waals surface area contributed by atoms with E-state index in [-0.39, 0.29) is 11.8 Å². The maximum absolute atomic E-state index is 11.8. The molecule has 6 heteroatoms. The third-order valence-corrected chi connectivity index (χ3v) is 3.13. The van der Waals surface area contributed by atoms with E-state index in [1.54, 1.807) is 10.9 Å². The molecule has 2 N–H and O–H groups in total. The van der Waals surface area contributed by atoms with Crippen molar-refractivity contribution >= 4 is 17.5 Å². The Morgan fingerprint density at radius 2 is 1.91 bits per heavy atom. The van der Waals surface area contributed by atoms with Crippen LogP contribution in [-0.2, 0) is 29.5 Å². The van der Waals surface area contributed by atoms with Gasteiger partial charge in [0, 0.05) is 32.4 Å². The van der Waals surface area contributed by atoms with Crippen LogP contribution in [0.15, 0.2) is 36.7 Å². The van der Waals surface area contributed by atoms with E-state index in [0.29, 0.717) is 13.0 Å². The average molecular weight is 300 g/mol. The van der Waals surface area contributed by atoms with Crippen molar-refractivity contribution in [2.75, 3.05) is 11.9 Å². The summed E-state index contributed by atoms with van der Waals surface area (Å²) in [5, 5.41) is 9.64. The summed E-state index contributed by atoms with van der Waals surface area (Å²) in [5.74, 6) is -0.0988. The lowest BCUT2D eigenvalue weighted by molar-refractivity contribution is -0.120. The van der Waals surface area contributed by atoms with Crippen LogP contribution in [0.5, 0.6) is 0 Å². The normalized spacial score (nSPS) is 10.3. The van der Waals surface area contributed by atoms with E-state index in [1.165, 1.54) is 6.92 Å². The van der Waals surface area contributed by atoms with Crippen molar-refractivity contribution in [2.45, 2.75) is 19.8 Å². The van der Waals surface area contributed by atoms with Crippen molar-refractivity contribution in [1.82, 2.24) is 15.1 Å². The molecule has 22 heavy (non-hydrogen) atoms. The summed E-state index contributed by atoms with van der Waals surface area (Å²) in [5.41, 5.74) is 2.78. The smallest absolute Gasteiger partial charge is 0.224 e. The molecule has 0 aliphatic rings. The summed E-state index contributed by atoms with van der Waals surface area (Å²) in [4.78, 5) is 22.7. The molecule has 1 aromatic heterocycles. The molecule has 0 bridgehead atoms. The summed E-state index contributed by atoms with van der Waals surface area (Å²) in [7, 11) is 1.83. The fraction of sp³-hybridized carbons (Fsp3) is 0.312. The summed E-state index contributed by atoms with van der Waals surface area (Å²) in [6.45, 7) is 2.06. The highest BCUT2D eigenvalue weighted by atomic mass is 16.2. The molecule has 0 radical (unpaired) electrons. The number of nitrogens with zero attached hydrogens (tertiary/aromatic N) is 2. The second-order valence-corrected chi connectivity index (χ2v) is 5.18. The quantitative estimate of drug-likeness (QED) is 0.844. The van der Waals surface area contributed by atoms with Crippen LogP contribution in [0.4, 0.5) is 5.69 Å². The first-order valence-electron chi connectivity index (χ1n) is 7.13. The molecule has 0 fully saturated rings. The molecule has 0 aliphatic heterocycles. The second kappa shape index (κ2) is 7.40. The predicted molar refractivity (Wildman–Crippen MR) is 84.4 cm³/mol. The molecule has 1 aromatic carbocycles. The van der Waals surface area contributed by atoms with Gasteiger partial charge in [0.05, 0.1) is 12.6 Å². The zero-order valence-electron chi connectivity index (χ0n) is 12.8. The molecule has 0 spiro atoms. The first kappa shape index (κ1) is 15.8. The molecular formula is C16H20N4O2. The molecule has 0 atom stereocenters. The highest BCUT2D eigenvalue weighted by molar-refractivity contribution is 5.88. The van der Waals surface area contributed by atoms with Gasteiger partial charge in [-0.05, 0) is 29.7 Å². The van der Waals surface area contributed by atoms with Gasteiger partial charge in [-0.2, -0.15) is 5.10 Å². The van der Waals surface area contributed by atoms with E-state index in [2.05, 4.69) is 15.7 Å². The van der Waals surface area contributed by atoms with Crippen LogP contribution in [-0.4, -0.2) is 28.1 Å². The Morgan fingerprint density at radius 1 is 1.18 bits per heavy atom. The molecule has 0 saturated carbocycles. The van der Waals surface area contributed by atoms with Crippen LogP contribution in [0.3, 0.4) is 0 Å². The number of benzene rings is 1. The third kappa shape index (κ3) is 5.05. The van der Waals surface area contributed by atoms with Crippen molar-refractivity contribution in [3.63, 3.8) is 0 Å². The molecule has 2 aromatic rings. The first-order chi connectivity index (χ1) is 10.5. The van der Waals surface area contributed by atoms with Gasteiger partial charge >= 0.3 is 0 Å². The SMILES string of the molecule is CC(=O)Nc1ccc(CCNC(=O)Cc2cnn(C)c2)cc1. The highest BCUT2D eigenvalue weighted by Crippen LogP contribution is 2.09. The predicted octanol–water partition coefficient (Wildman–Crippen LogP) is 1.28. The maximum atomic E-state index is 11.8. The monoisotopic (exact) mass is 300 g/mol. The summed E-state index contributed by atoms with van der Waals surface area (Å²) >= 11 is 0. The van der Waals surface area contributed by atoms with Crippen molar-refractivity contribution in [2.24, 2.45) is 7.05 Å². The van der Waals surface area contributed by atoms with E-state index in [9.17, 15) is 9.59 Å². The topological polar surface area (TPSA) is 76.0 Å². The van der Waals surface area contributed by atoms with E-state index in [1.807, 2.05) is 37.5 Å². The Hall–Kier alpha value is -2.63. The Balaban J connectivity index is 1.73. The molecule has 0 aliphatic carbocycles. The minimum absolute atomic E-state index is 0.0112. The minimum atomic E-state index is -0.0876. The van der Waals surface area contributed by atoms with Gasteiger partial charge in [0.25, 0.3) is 0 Å². The molecular weight excluding hydrogens is 280 g/mol. The van der Waals surface area contributed by atoms with E-state index >= 15 is 0 Å². The summed E-state index contributed by atoms with van der Waals surface area (Å²) < 4.78 is 1.68. The van der Waals surface area contributed by atoms with Gasteiger partial charge in [-0.3, -0.25) is 14.3 Å². The molecule has 2 amide bonds. The van der Waals surface area contributed by atoms with E-state index in [0.717, 1.165) is 23.2 Å². The van der Waals surface area contributed by atoms with Crippen LogP contribution >= 0.6 is 0 Å². The van der Waals surface area contributed by atoms with Crippen LogP contribution in [0.2, 0.25) is 0 Å². The molecule has 0 unspecified atom stereocenters. The van der Waals surface area contributed by atoms with Gasteiger partial charge < -0.3 is 10.6 Å². The van der Waals surface area contributed by atoms with Crippen molar-refractivity contribution < 1.29 is 9.59 Å². The molecule has 2 rings (SSSR count). The summed E-state index contributed by atoms with van der Waals surface area (Å²) in [6, 6.07) is 7.60. The van der Waals surface area contributed by atoms with Crippen molar-refractivity contribution in [1.29, 1.82) is 0 Å². The van der Waals surface area contributed by atoms with Crippen molar-refractivity contribution in [3.8, 4) is 0 Å². The first-order valence-corrected chi connectivity index (χ1v) is 7.13. The zero-order valence-corrected chi connectivity index (χ0v) is 12.8. The van der Waals surface area contributed by atoms with Crippen LogP contribution < -0.4 is 10.6 Å².